The highest BCUT2D eigenvalue weighted by molar-refractivity contribution is 5.07. The quantitative estimate of drug-likeness (QED) is 0.572. The van der Waals surface area contributed by atoms with Crippen LogP contribution in [0.2, 0.25) is 0 Å². The molecule has 0 aromatic heterocycles. The molecule has 1 saturated heterocycles. The number of aliphatic hydroxyl groups is 1. The van der Waals surface area contributed by atoms with E-state index < -0.39 is 0 Å². The molecule has 2 heterocycles. The predicted octanol–water partition coefficient (Wildman–Crippen LogP) is 1.69. The molecule has 0 bridgehead atoms. The molecule has 2 aliphatic heterocycles. The first-order chi connectivity index (χ1) is 5.38. The Labute approximate surface area is 67.5 Å². The molecule has 2 nitrogen and oxygen atoms in total. The van der Waals surface area contributed by atoms with Crippen LogP contribution in [0.25, 0.3) is 0 Å². The molecule has 2 rings (SSSR count). The first-order valence-corrected chi connectivity index (χ1v) is 4.51. The zero-order valence-corrected chi connectivity index (χ0v) is 6.79. The van der Waals surface area contributed by atoms with Gasteiger partial charge in [-0.25, -0.2) is 0 Å². The fraction of sp³-hybridized carbons (Fsp3) is 0.778. The van der Waals surface area contributed by atoms with Crippen LogP contribution in [0.5, 0.6) is 0 Å². The fourth-order valence-corrected chi connectivity index (χ4v) is 2.11. The summed E-state index contributed by atoms with van der Waals surface area (Å²) < 4.78 is 0. The summed E-state index contributed by atoms with van der Waals surface area (Å²) in [7, 11) is 0. The smallest absolute Gasteiger partial charge is 0.105 e. The monoisotopic (exact) mass is 153 g/mol. The Morgan fingerprint density at radius 2 is 2.27 bits per heavy atom. The van der Waals surface area contributed by atoms with Gasteiger partial charge in [-0.3, -0.25) is 4.90 Å². The van der Waals surface area contributed by atoms with Crippen LogP contribution < -0.4 is 0 Å². The van der Waals surface area contributed by atoms with Gasteiger partial charge in [-0.1, -0.05) is 6.42 Å². The normalized spacial score (nSPS) is 32.7. The second kappa shape index (κ2) is 2.86. The number of nitrogens with zero attached hydrogens (tertiary/aromatic N) is 1. The van der Waals surface area contributed by atoms with Crippen molar-refractivity contribution in [3.8, 4) is 0 Å². The number of fused-ring (bicyclic) bond motifs is 1. The van der Waals surface area contributed by atoms with Crippen molar-refractivity contribution < 1.29 is 5.11 Å². The number of aliphatic hydroxyl groups excluding tert-OH is 1. The van der Waals surface area contributed by atoms with Crippen molar-refractivity contribution in [1.82, 2.24) is 4.90 Å². The van der Waals surface area contributed by atoms with Crippen LogP contribution in [0.4, 0.5) is 0 Å². The SMILES string of the molecule is OC1=CCCN2CCCCC12. The predicted molar refractivity (Wildman–Crippen MR) is 44.5 cm³/mol. The maximum Gasteiger partial charge on any atom is 0.105 e. The molecule has 0 saturated carbocycles. The van der Waals surface area contributed by atoms with Gasteiger partial charge < -0.3 is 5.11 Å². The third kappa shape index (κ3) is 1.27. The lowest BCUT2D eigenvalue weighted by Gasteiger charge is -2.37. The summed E-state index contributed by atoms with van der Waals surface area (Å²) in [6.07, 6.45) is 6.75. The molecule has 2 heteroatoms. The average Bonchev–Trinajstić information content (AvgIpc) is 2.06. The molecule has 1 fully saturated rings. The Balaban J connectivity index is 2.11. The highest BCUT2D eigenvalue weighted by Crippen LogP contribution is 2.25. The van der Waals surface area contributed by atoms with Gasteiger partial charge in [0, 0.05) is 6.54 Å². The molecule has 0 amide bonds. The summed E-state index contributed by atoms with van der Waals surface area (Å²) >= 11 is 0. The molecule has 1 unspecified atom stereocenters. The van der Waals surface area contributed by atoms with Crippen LogP contribution in [-0.4, -0.2) is 29.1 Å². The van der Waals surface area contributed by atoms with E-state index in [1.165, 1.54) is 19.4 Å². The van der Waals surface area contributed by atoms with E-state index in [0.29, 0.717) is 11.8 Å². The van der Waals surface area contributed by atoms with E-state index in [-0.39, 0.29) is 0 Å². The van der Waals surface area contributed by atoms with Gasteiger partial charge in [-0.05, 0) is 31.9 Å². The maximum absolute atomic E-state index is 9.52. The van der Waals surface area contributed by atoms with Crippen LogP contribution in [0.15, 0.2) is 11.8 Å². The lowest BCUT2D eigenvalue weighted by atomic mass is 9.97. The van der Waals surface area contributed by atoms with Gasteiger partial charge in [-0.15, -0.1) is 0 Å². The van der Waals surface area contributed by atoms with Crippen LogP contribution in [0.1, 0.15) is 25.7 Å². The Morgan fingerprint density at radius 1 is 1.36 bits per heavy atom. The summed E-state index contributed by atoms with van der Waals surface area (Å²) in [4.78, 5) is 2.40. The molecule has 1 N–H and O–H groups in total. The van der Waals surface area contributed by atoms with Gasteiger partial charge in [0.1, 0.15) is 5.76 Å². The highest BCUT2D eigenvalue weighted by Gasteiger charge is 2.27. The molecule has 62 valence electrons. The van der Waals surface area contributed by atoms with Crippen molar-refractivity contribution >= 4 is 0 Å². The number of hydrogen-bond acceptors (Lipinski definition) is 2. The molecular weight excluding hydrogens is 138 g/mol. The van der Waals surface area contributed by atoms with E-state index in [1.807, 2.05) is 6.08 Å². The summed E-state index contributed by atoms with van der Waals surface area (Å²) in [6.45, 7) is 2.33. The first kappa shape index (κ1) is 7.17. The number of rotatable bonds is 0. The van der Waals surface area contributed by atoms with E-state index in [1.54, 1.807) is 0 Å². The second-order valence-corrected chi connectivity index (χ2v) is 3.47. The maximum atomic E-state index is 9.52. The van der Waals surface area contributed by atoms with Crippen molar-refractivity contribution in [3.05, 3.63) is 11.8 Å². The van der Waals surface area contributed by atoms with Crippen molar-refractivity contribution in [3.63, 3.8) is 0 Å². The van der Waals surface area contributed by atoms with E-state index >= 15 is 0 Å². The van der Waals surface area contributed by atoms with Gasteiger partial charge in [0.25, 0.3) is 0 Å². The highest BCUT2D eigenvalue weighted by atomic mass is 16.3. The summed E-state index contributed by atoms with van der Waals surface area (Å²) in [5.41, 5.74) is 0. The largest absolute Gasteiger partial charge is 0.511 e. The van der Waals surface area contributed by atoms with Gasteiger partial charge in [0.05, 0.1) is 6.04 Å². The Kier molecular flexibility index (Phi) is 1.86. The van der Waals surface area contributed by atoms with Crippen LogP contribution in [0, 0.1) is 0 Å². The van der Waals surface area contributed by atoms with Crippen molar-refractivity contribution in [2.24, 2.45) is 0 Å². The molecule has 11 heavy (non-hydrogen) atoms. The first-order valence-electron chi connectivity index (χ1n) is 4.51. The summed E-state index contributed by atoms with van der Waals surface area (Å²) in [6, 6.07) is 0.373. The summed E-state index contributed by atoms with van der Waals surface area (Å²) in [5, 5.41) is 9.52. The van der Waals surface area contributed by atoms with E-state index in [4.69, 9.17) is 0 Å². The standard InChI is InChI=1S/C9H15NO/c11-9-5-3-7-10-6-2-1-4-8(9)10/h5,8,11H,1-4,6-7H2. The van der Waals surface area contributed by atoms with Gasteiger partial charge >= 0.3 is 0 Å². The third-order valence-corrected chi connectivity index (χ3v) is 2.72. The van der Waals surface area contributed by atoms with Crippen LogP contribution in [0.3, 0.4) is 0 Å². The lowest BCUT2D eigenvalue weighted by Crippen LogP contribution is -2.43. The van der Waals surface area contributed by atoms with Gasteiger partial charge in [0.15, 0.2) is 0 Å². The lowest BCUT2D eigenvalue weighted by molar-refractivity contribution is 0.124. The van der Waals surface area contributed by atoms with Gasteiger partial charge in [0.2, 0.25) is 0 Å². The Hall–Kier alpha value is -0.500. The molecule has 0 aromatic carbocycles. The second-order valence-electron chi connectivity index (χ2n) is 3.47. The van der Waals surface area contributed by atoms with Crippen molar-refractivity contribution in [2.45, 2.75) is 31.7 Å². The van der Waals surface area contributed by atoms with Crippen LogP contribution in [-0.2, 0) is 0 Å². The Morgan fingerprint density at radius 3 is 3.09 bits per heavy atom. The van der Waals surface area contributed by atoms with E-state index in [0.717, 1.165) is 19.4 Å². The molecule has 1 atom stereocenters. The molecular formula is C9H15NO. The minimum Gasteiger partial charge on any atom is -0.511 e. The molecule has 0 aliphatic carbocycles. The fourth-order valence-electron chi connectivity index (χ4n) is 2.11. The molecule has 0 radical (unpaired) electrons. The molecule has 2 aliphatic rings. The van der Waals surface area contributed by atoms with Crippen LogP contribution >= 0.6 is 0 Å². The van der Waals surface area contributed by atoms with E-state index in [9.17, 15) is 5.11 Å². The summed E-state index contributed by atoms with van der Waals surface area (Å²) in [5.74, 6) is 0.621. The number of hydrogen-bond donors (Lipinski definition) is 1. The minimum absolute atomic E-state index is 0.373. The van der Waals surface area contributed by atoms with Crippen molar-refractivity contribution in [1.29, 1.82) is 0 Å². The minimum atomic E-state index is 0.373. The molecule has 0 aromatic rings. The zero-order valence-electron chi connectivity index (χ0n) is 6.79. The zero-order chi connectivity index (χ0) is 7.68. The topological polar surface area (TPSA) is 23.5 Å². The third-order valence-electron chi connectivity index (χ3n) is 2.72. The number of piperidine rings is 1. The Bertz CT molecular complexity index is 176. The van der Waals surface area contributed by atoms with Crippen molar-refractivity contribution in [2.75, 3.05) is 13.1 Å². The van der Waals surface area contributed by atoms with Gasteiger partial charge in [-0.2, -0.15) is 0 Å². The molecule has 0 spiro atoms. The van der Waals surface area contributed by atoms with E-state index in [2.05, 4.69) is 4.90 Å². The average molecular weight is 153 g/mol.